The first-order valence-corrected chi connectivity index (χ1v) is 13.1. The van der Waals surface area contributed by atoms with Crippen molar-refractivity contribution in [1.82, 2.24) is 9.80 Å². The van der Waals surface area contributed by atoms with E-state index in [1.165, 1.54) is 0 Å². The van der Waals surface area contributed by atoms with Gasteiger partial charge in [-0.1, -0.05) is 37.6 Å². The van der Waals surface area contributed by atoms with Crippen molar-refractivity contribution in [2.45, 2.75) is 67.9 Å². The highest BCUT2D eigenvalue weighted by atomic mass is 32.2. The zero-order valence-corrected chi connectivity index (χ0v) is 20.5. The van der Waals surface area contributed by atoms with Gasteiger partial charge in [-0.3, -0.25) is 14.4 Å². The molecule has 0 aromatic heterocycles. The number of fused-ring (bicyclic) bond motifs is 2. The van der Waals surface area contributed by atoms with Crippen molar-refractivity contribution < 1.29 is 24.2 Å². The summed E-state index contributed by atoms with van der Waals surface area (Å²) in [5, 5.41) is 9.46. The Morgan fingerprint density at radius 2 is 1.91 bits per heavy atom. The number of thioether (sulfide) groups is 1. The second-order valence-electron chi connectivity index (χ2n) is 9.71. The van der Waals surface area contributed by atoms with Crippen LogP contribution in [0.3, 0.4) is 0 Å². The minimum absolute atomic E-state index is 0.0561. The molecule has 1 spiro atoms. The van der Waals surface area contributed by atoms with E-state index in [9.17, 15) is 19.5 Å². The first-order chi connectivity index (χ1) is 15.9. The molecule has 1 N–H and O–H groups in total. The Balaban J connectivity index is 1.81. The standard InChI is InChI=1S/C25H36N2O5S/c1-3-4-13-26-14-9-12-25-18(21(29)27(15-10-16-28)20(25)22(26)30)19-23(31)32-17-8-6-5-7-11-24(19,2)33-25/h7,9,11-12,18-20,28H,3-6,8,10,13-17H2,1-2H3/b11-7-/t18-,19+,20?,24-,25-/m0/s1. The number of carbonyl (C=O) groups excluding carboxylic acids is 3. The van der Waals surface area contributed by atoms with Crippen LogP contribution in [0, 0.1) is 11.8 Å². The van der Waals surface area contributed by atoms with E-state index in [2.05, 4.69) is 19.1 Å². The topological polar surface area (TPSA) is 87.2 Å². The predicted molar refractivity (Wildman–Crippen MR) is 127 cm³/mol. The zero-order chi connectivity index (χ0) is 23.6. The van der Waals surface area contributed by atoms with Gasteiger partial charge in [-0.15, -0.1) is 11.8 Å². The van der Waals surface area contributed by atoms with Crippen LogP contribution < -0.4 is 0 Å². The number of allylic oxidation sites excluding steroid dienone is 1. The molecule has 0 aromatic carbocycles. The van der Waals surface area contributed by atoms with Crippen LogP contribution in [0.2, 0.25) is 0 Å². The molecule has 7 nitrogen and oxygen atoms in total. The number of nitrogens with zero attached hydrogens (tertiary/aromatic N) is 2. The third-order valence-corrected chi connectivity index (χ3v) is 9.22. The Morgan fingerprint density at radius 1 is 1.09 bits per heavy atom. The van der Waals surface area contributed by atoms with Crippen LogP contribution >= 0.6 is 11.8 Å². The summed E-state index contributed by atoms with van der Waals surface area (Å²) in [5.41, 5.74) is 0. The maximum atomic E-state index is 13.9. The summed E-state index contributed by atoms with van der Waals surface area (Å²) in [7, 11) is 0. The zero-order valence-electron chi connectivity index (χ0n) is 19.7. The van der Waals surface area contributed by atoms with Gasteiger partial charge in [0.25, 0.3) is 0 Å². The van der Waals surface area contributed by atoms with Crippen molar-refractivity contribution in [1.29, 1.82) is 0 Å². The van der Waals surface area contributed by atoms with Crippen LogP contribution in [0.15, 0.2) is 24.3 Å². The van der Waals surface area contributed by atoms with E-state index in [0.717, 1.165) is 32.1 Å². The van der Waals surface area contributed by atoms with E-state index < -0.39 is 27.4 Å². The molecule has 2 fully saturated rings. The van der Waals surface area contributed by atoms with Gasteiger partial charge in [0.2, 0.25) is 11.8 Å². The molecule has 0 aromatic rings. The minimum Gasteiger partial charge on any atom is -0.465 e. The summed E-state index contributed by atoms with van der Waals surface area (Å²) in [6.07, 6.45) is 13.2. The number of aliphatic hydroxyl groups excluding tert-OH is 1. The van der Waals surface area contributed by atoms with Gasteiger partial charge in [0.05, 0.1) is 23.2 Å². The Morgan fingerprint density at radius 3 is 2.67 bits per heavy atom. The van der Waals surface area contributed by atoms with E-state index in [4.69, 9.17) is 4.74 Å². The number of aliphatic hydroxyl groups is 1. The molecule has 0 bridgehead atoms. The van der Waals surface area contributed by atoms with E-state index in [-0.39, 0.29) is 24.4 Å². The summed E-state index contributed by atoms with van der Waals surface area (Å²) in [6, 6.07) is -0.683. The van der Waals surface area contributed by atoms with Crippen molar-refractivity contribution in [3.05, 3.63) is 24.3 Å². The molecule has 33 heavy (non-hydrogen) atoms. The molecular formula is C25H36N2O5S. The number of hydrogen-bond acceptors (Lipinski definition) is 6. The molecule has 182 valence electrons. The average molecular weight is 477 g/mol. The number of rotatable bonds is 6. The summed E-state index contributed by atoms with van der Waals surface area (Å²) in [4.78, 5) is 44.7. The highest BCUT2D eigenvalue weighted by molar-refractivity contribution is 8.02. The maximum Gasteiger partial charge on any atom is 0.311 e. The SMILES string of the molecule is CCCCN1CC=C[C@]23S[C@@]4(C)/C=C\CCCCOC(=O)[C@H]4[C@H]2C(=O)N(CCCO)C3C1=O. The van der Waals surface area contributed by atoms with Crippen LogP contribution in [0.1, 0.15) is 52.4 Å². The molecule has 8 heteroatoms. The number of cyclic esters (lactones) is 1. The summed E-state index contributed by atoms with van der Waals surface area (Å²) >= 11 is 1.58. The van der Waals surface area contributed by atoms with Crippen molar-refractivity contribution in [2.24, 2.45) is 11.8 Å². The first kappa shape index (κ1) is 24.3. The molecule has 2 saturated heterocycles. The number of ether oxygens (including phenoxy) is 1. The van der Waals surface area contributed by atoms with Gasteiger partial charge in [0.1, 0.15) is 6.04 Å². The lowest BCUT2D eigenvalue weighted by atomic mass is 9.74. The lowest BCUT2D eigenvalue weighted by molar-refractivity contribution is -0.154. The summed E-state index contributed by atoms with van der Waals surface area (Å²) < 4.78 is 4.19. The van der Waals surface area contributed by atoms with Crippen molar-refractivity contribution in [2.75, 3.05) is 32.8 Å². The van der Waals surface area contributed by atoms with Crippen LogP contribution in [0.5, 0.6) is 0 Å². The molecule has 4 rings (SSSR count). The van der Waals surface area contributed by atoms with Gasteiger partial charge >= 0.3 is 5.97 Å². The highest BCUT2D eigenvalue weighted by Crippen LogP contribution is 2.65. The largest absolute Gasteiger partial charge is 0.465 e. The molecule has 0 saturated carbocycles. The predicted octanol–water partition coefficient (Wildman–Crippen LogP) is 2.54. The van der Waals surface area contributed by atoms with Crippen LogP contribution in [-0.2, 0) is 19.1 Å². The molecule has 1 unspecified atom stereocenters. The number of unbranched alkanes of at least 4 members (excludes halogenated alkanes) is 1. The van der Waals surface area contributed by atoms with Crippen LogP contribution in [0.4, 0.5) is 0 Å². The highest BCUT2D eigenvalue weighted by Gasteiger charge is 2.73. The number of esters is 1. The smallest absolute Gasteiger partial charge is 0.311 e. The van der Waals surface area contributed by atoms with Gasteiger partial charge < -0.3 is 19.6 Å². The quantitative estimate of drug-likeness (QED) is 0.468. The Kier molecular flexibility index (Phi) is 7.24. The number of hydrogen-bond donors (Lipinski definition) is 1. The Labute approximate surface area is 200 Å². The van der Waals surface area contributed by atoms with Crippen LogP contribution in [0.25, 0.3) is 0 Å². The second kappa shape index (κ2) is 9.82. The number of amides is 2. The van der Waals surface area contributed by atoms with Crippen molar-refractivity contribution >= 4 is 29.5 Å². The maximum absolute atomic E-state index is 13.9. The average Bonchev–Trinajstić information content (AvgIpc) is 3.11. The Bertz CT molecular complexity index is 845. The van der Waals surface area contributed by atoms with E-state index >= 15 is 0 Å². The normalized spacial score (nSPS) is 37.3. The third kappa shape index (κ3) is 4.14. The van der Waals surface area contributed by atoms with E-state index in [1.807, 2.05) is 24.0 Å². The van der Waals surface area contributed by atoms with E-state index in [0.29, 0.717) is 32.7 Å². The summed E-state index contributed by atoms with van der Waals surface area (Å²) in [5.74, 6) is -1.90. The molecule has 2 amide bonds. The molecule has 4 aliphatic rings. The van der Waals surface area contributed by atoms with Crippen molar-refractivity contribution in [3.63, 3.8) is 0 Å². The lowest BCUT2D eigenvalue weighted by Crippen LogP contribution is -2.53. The first-order valence-electron chi connectivity index (χ1n) is 12.3. The fraction of sp³-hybridized carbons (Fsp3) is 0.720. The second-order valence-corrected chi connectivity index (χ2v) is 11.5. The third-order valence-electron chi connectivity index (χ3n) is 7.42. The van der Waals surface area contributed by atoms with Crippen LogP contribution in [-0.4, -0.2) is 81.1 Å². The Hall–Kier alpha value is -1.80. The monoisotopic (exact) mass is 476 g/mol. The van der Waals surface area contributed by atoms with Gasteiger partial charge in [-0.05, 0) is 39.0 Å². The van der Waals surface area contributed by atoms with Gasteiger partial charge in [-0.25, -0.2) is 0 Å². The number of carbonyl (C=O) groups is 3. The molecular weight excluding hydrogens is 440 g/mol. The van der Waals surface area contributed by atoms with Gasteiger partial charge in [0, 0.05) is 31.0 Å². The molecule has 4 aliphatic heterocycles. The molecule has 5 atom stereocenters. The molecule has 0 aliphatic carbocycles. The van der Waals surface area contributed by atoms with Gasteiger partial charge in [-0.2, -0.15) is 0 Å². The van der Waals surface area contributed by atoms with E-state index in [1.54, 1.807) is 16.7 Å². The fourth-order valence-corrected chi connectivity index (χ4v) is 8.03. The van der Waals surface area contributed by atoms with Gasteiger partial charge in [0.15, 0.2) is 0 Å². The molecule has 0 radical (unpaired) electrons. The fourth-order valence-electron chi connectivity index (χ4n) is 5.88. The lowest BCUT2D eigenvalue weighted by Gasteiger charge is -2.37. The number of likely N-dealkylation sites (tertiary alicyclic amines) is 1. The summed E-state index contributed by atoms with van der Waals surface area (Å²) in [6.45, 7) is 5.85. The minimum atomic E-state index is -0.832. The molecule has 4 heterocycles. The van der Waals surface area contributed by atoms with Crippen molar-refractivity contribution in [3.8, 4) is 0 Å².